The molecule has 7 heteroatoms. The molecule has 7 nitrogen and oxygen atoms in total. The molecule has 33 heavy (non-hydrogen) atoms. The van der Waals surface area contributed by atoms with Gasteiger partial charge in [0.15, 0.2) is 17.3 Å². The molecule has 0 atom stereocenters. The van der Waals surface area contributed by atoms with Crippen molar-refractivity contribution in [2.24, 2.45) is 5.41 Å². The Morgan fingerprint density at radius 3 is 2.39 bits per heavy atom. The Morgan fingerprint density at radius 2 is 1.73 bits per heavy atom. The number of methoxy groups -OCH3 is 2. The minimum Gasteiger partial charge on any atom is -0.493 e. The Morgan fingerprint density at radius 1 is 0.970 bits per heavy atom. The SMILES string of the molecule is COc1ccc(-c2cccc3c2CCC3=O)c(OCC2(COC(=O)NC(C)C)CC2)c1OC. The van der Waals surface area contributed by atoms with Gasteiger partial charge in [-0.25, -0.2) is 4.79 Å². The Balaban J connectivity index is 1.62. The van der Waals surface area contributed by atoms with Crippen molar-refractivity contribution >= 4 is 11.9 Å². The second-order valence-electron chi connectivity index (χ2n) is 9.10. The first-order valence-electron chi connectivity index (χ1n) is 11.3. The maximum atomic E-state index is 12.3. The summed E-state index contributed by atoms with van der Waals surface area (Å²) in [6.07, 6.45) is 2.65. The van der Waals surface area contributed by atoms with E-state index in [-0.39, 0.29) is 17.2 Å². The molecule has 2 aliphatic carbocycles. The molecule has 1 N–H and O–H groups in total. The number of fused-ring (bicyclic) bond motifs is 1. The molecule has 0 radical (unpaired) electrons. The smallest absolute Gasteiger partial charge is 0.407 e. The van der Waals surface area contributed by atoms with Gasteiger partial charge in [0, 0.05) is 29.0 Å². The second kappa shape index (κ2) is 9.33. The van der Waals surface area contributed by atoms with E-state index in [1.54, 1.807) is 14.2 Å². The van der Waals surface area contributed by atoms with Crippen molar-refractivity contribution in [2.75, 3.05) is 27.4 Å². The van der Waals surface area contributed by atoms with Gasteiger partial charge in [-0.3, -0.25) is 4.79 Å². The Hall–Kier alpha value is -3.22. The third-order valence-electron chi connectivity index (χ3n) is 6.26. The fraction of sp³-hybridized carbons (Fsp3) is 0.462. The number of Topliss-reactive ketones (excluding diaryl/α,β-unsaturated/α-hetero) is 1. The fourth-order valence-corrected chi connectivity index (χ4v) is 4.23. The number of ether oxygens (including phenoxy) is 4. The van der Waals surface area contributed by atoms with Crippen LogP contribution in [0.3, 0.4) is 0 Å². The maximum Gasteiger partial charge on any atom is 0.407 e. The average molecular weight is 454 g/mol. The van der Waals surface area contributed by atoms with E-state index in [1.165, 1.54) is 0 Å². The van der Waals surface area contributed by atoms with Crippen molar-refractivity contribution in [3.8, 4) is 28.4 Å². The van der Waals surface area contributed by atoms with Gasteiger partial charge in [0.05, 0.1) is 20.8 Å². The van der Waals surface area contributed by atoms with Gasteiger partial charge < -0.3 is 24.3 Å². The van der Waals surface area contributed by atoms with Gasteiger partial charge in [-0.1, -0.05) is 18.2 Å². The lowest BCUT2D eigenvalue weighted by atomic mass is 9.95. The molecular formula is C26H31NO6. The van der Waals surface area contributed by atoms with Gasteiger partial charge in [0.25, 0.3) is 0 Å². The molecule has 176 valence electrons. The minimum atomic E-state index is -0.416. The highest BCUT2D eigenvalue weighted by molar-refractivity contribution is 6.02. The third kappa shape index (κ3) is 4.77. The number of ketones is 1. The van der Waals surface area contributed by atoms with Crippen molar-refractivity contribution in [2.45, 2.75) is 45.6 Å². The van der Waals surface area contributed by atoms with E-state index < -0.39 is 6.09 Å². The highest BCUT2D eigenvalue weighted by atomic mass is 16.6. The molecule has 2 aliphatic rings. The maximum absolute atomic E-state index is 12.3. The molecule has 2 aromatic rings. The third-order valence-corrected chi connectivity index (χ3v) is 6.26. The van der Waals surface area contributed by atoms with Crippen molar-refractivity contribution in [1.29, 1.82) is 0 Å². The molecule has 4 rings (SSSR count). The van der Waals surface area contributed by atoms with Gasteiger partial charge in [0.1, 0.15) is 6.61 Å². The summed E-state index contributed by atoms with van der Waals surface area (Å²) in [6.45, 7) is 4.46. The van der Waals surface area contributed by atoms with Crippen LogP contribution in [-0.4, -0.2) is 45.4 Å². The zero-order valence-electron chi connectivity index (χ0n) is 19.7. The van der Waals surface area contributed by atoms with E-state index in [4.69, 9.17) is 18.9 Å². The molecule has 0 aromatic heterocycles. The Labute approximate surface area is 194 Å². The van der Waals surface area contributed by atoms with Gasteiger partial charge in [-0.2, -0.15) is 0 Å². The highest BCUT2D eigenvalue weighted by Crippen LogP contribution is 2.50. The molecule has 1 amide bonds. The van der Waals surface area contributed by atoms with Crippen LogP contribution in [0.1, 0.15) is 49.0 Å². The van der Waals surface area contributed by atoms with Gasteiger partial charge in [0.2, 0.25) is 5.75 Å². The quantitative estimate of drug-likeness (QED) is 0.588. The van der Waals surface area contributed by atoms with Crippen LogP contribution in [0.2, 0.25) is 0 Å². The summed E-state index contributed by atoms with van der Waals surface area (Å²) < 4.78 is 23.0. The highest BCUT2D eigenvalue weighted by Gasteiger charge is 2.45. The Kier molecular flexibility index (Phi) is 6.49. The van der Waals surface area contributed by atoms with Crippen molar-refractivity contribution in [3.63, 3.8) is 0 Å². The largest absolute Gasteiger partial charge is 0.493 e. The number of amides is 1. The van der Waals surface area contributed by atoms with Crippen LogP contribution in [-0.2, 0) is 11.2 Å². The van der Waals surface area contributed by atoms with Crippen molar-refractivity contribution in [3.05, 3.63) is 41.5 Å². The summed E-state index contributed by atoms with van der Waals surface area (Å²) in [7, 11) is 3.17. The molecule has 0 spiro atoms. The predicted molar refractivity (Wildman–Crippen MR) is 124 cm³/mol. The van der Waals surface area contributed by atoms with E-state index in [1.807, 2.05) is 44.2 Å². The van der Waals surface area contributed by atoms with Crippen molar-refractivity contribution < 1.29 is 28.5 Å². The standard InChI is InChI=1S/C26H31NO6/c1-16(2)27-25(29)33-15-26(12-13-26)14-32-23-20(9-11-22(30-3)24(23)31-4)17-6-5-7-19-18(17)8-10-21(19)28/h5-7,9,11,16H,8,10,12-15H2,1-4H3,(H,27,29). The van der Waals surface area contributed by atoms with Crippen LogP contribution in [0.15, 0.2) is 30.3 Å². The number of hydrogen-bond acceptors (Lipinski definition) is 6. The van der Waals surface area contributed by atoms with Gasteiger partial charge in [-0.05, 0) is 56.4 Å². The van der Waals surface area contributed by atoms with Gasteiger partial charge >= 0.3 is 6.09 Å². The lowest BCUT2D eigenvalue weighted by Crippen LogP contribution is -2.33. The molecule has 1 fully saturated rings. The van der Waals surface area contributed by atoms with Crippen LogP contribution in [0.25, 0.3) is 11.1 Å². The van der Waals surface area contributed by atoms with Gasteiger partial charge in [-0.15, -0.1) is 0 Å². The molecule has 0 aliphatic heterocycles. The summed E-state index contributed by atoms with van der Waals surface area (Å²) in [5.74, 6) is 1.81. The van der Waals surface area contributed by atoms with Crippen LogP contribution in [0.5, 0.6) is 17.2 Å². The average Bonchev–Trinajstić information content (AvgIpc) is 3.48. The molecule has 0 heterocycles. The zero-order valence-corrected chi connectivity index (χ0v) is 19.7. The summed E-state index contributed by atoms with van der Waals surface area (Å²) in [5, 5.41) is 2.74. The van der Waals surface area contributed by atoms with E-state index in [0.717, 1.165) is 35.1 Å². The number of rotatable bonds is 9. The summed E-state index contributed by atoms with van der Waals surface area (Å²) in [5.41, 5.74) is 3.42. The summed E-state index contributed by atoms with van der Waals surface area (Å²) >= 11 is 0. The van der Waals surface area contributed by atoms with E-state index >= 15 is 0 Å². The molecule has 2 aromatic carbocycles. The topological polar surface area (TPSA) is 83.1 Å². The number of hydrogen-bond donors (Lipinski definition) is 1. The van der Waals surface area contributed by atoms with Crippen LogP contribution in [0, 0.1) is 5.41 Å². The number of nitrogens with one attached hydrogen (secondary N) is 1. The number of carbonyl (C=O) groups is 2. The predicted octanol–water partition coefficient (Wildman–Crippen LogP) is 4.79. The monoisotopic (exact) mass is 453 g/mol. The molecule has 0 unspecified atom stereocenters. The fourth-order valence-electron chi connectivity index (χ4n) is 4.23. The van der Waals surface area contributed by atoms with Crippen molar-refractivity contribution in [1.82, 2.24) is 5.32 Å². The van der Waals surface area contributed by atoms with Crippen LogP contribution >= 0.6 is 0 Å². The van der Waals surface area contributed by atoms with E-state index in [0.29, 0.717) is 43.3 Å². The first-order chi connectivity index (χ1) is 15.9. The Bertz CT molecular complexity index is 1060. The normalized spacial score (nSPS) is 15.7. The van der Waals surface area contributed by atoms with Crippen LogP contribution in [0.4, 0.5) is 4.79 Å². The van der Waals surface area contributed by atoms with E-state index in [9.17, 15) is 9.59 Å². The van der Waals surface area contributed by atoms with Crippen LogP contribution < -0.4 is 19.5 Å². The first kappa shape index (κ1) is 23.0. The zero-order chi connectivity index (χ0) is 23.6. The number of carbonyl (C=O) groups excluding carboxylic acids is 2. The molecular weight excluding hydrogens is 422 g/mol. The minimum absolute atomic E-state index is 0.0204. The van der Waals surface area contributed by atoms with E-state index in [2.05, 4.69) is 5.32 Å². The number of benzene rings is 2. The second-order valence-corrected chi connectivity index (χ2v) is 9.10. The lowest BCUT2D eigenvalue weighted by Gasteiger charge is -2.22. The molecule has 1 saturated carbocycles. The first-order valence-corrected chi connectivity index (χ1v) is 11.3. The molecule has 0 saturated heterocycles. The summed E-state index contributed by atoms with van der Waals surface area (Å²) in [4.78, 5) is 24.2. The summed E-state index contributed by atoms with van der Waals surface area (Å²) in [6, 6.07) is 9.62. The molecule has 0 bridgehead atoms. The lowest BCUT2D eigenvalue weighted by molar-refractivity contribution is 0.0968. The number of alkyl carbamates (subject to hydrolysis) is 1.